The first-order valence-corrected chi connectivity index (χ1v) is 11.9. The van der Waals surface area contributed by atoms with E-state index in [1.807, 2.05) is 0 Å². The summed E-state index contributed by atoms with van der Waals surface area (Å²) >= 11 is 7.11. The highest BCUT2D eigenvalue weighted by Crippen LogP contribution is 2.29. The van der Waals surface area contributed by atoms with Gasteiger partial charge in [0.05, 0.1) is 4.90 Å². The summed E-state index contributed by atoms with van der Waals surface area (Å²) in [6.07, 6.45) is 0. The maximum absolute atomic E-state index is 12.5. The van der Waals surface area contributed by atoms with Crippen LogP contribution in [0.3, 0.4) is 0 Å². The first-order valence-electron chi connectivity index (χ1n) is 9.27. The van der Waals surface area contributed by atoms with E-state index in [1.54, 1.807) is 42.9 Å². The van der Waals surface area contributed by atoms with E-state index in [0.717, 1.165) is 9.46 Å². The van der Waals surface area contributed by atoms with Crippen LogP contribution in [-0.2, 0) is 31.2 Å². The number of benzene rings is 2. The van der Waals surface area contributed by atoms with Gasteiger partial charge in [0, 0.05) is 36.7 Å². The molecule has 0 atom stereocenters. The van der Waals surface area contributed by atoms with Gasteiger partial charge in [-0.3, -0.25) is 18.7 Å². The van der Waals surface area contributed by atoms with E-state index in [1.165, 1.54) is 47.6 Å². The number of hydrogen-bond acceptors (Lipinski definition) is 6. The Hall–Kier alpha value is -3.02. The molecule has 0 spiro atoms. The summed E-state index contributed by atoms with van der Waals surface area (Å²) in [6, 6.07) is 12.6. The number of aryl methyl sites for hydroxylation is 2. The summed E-state index contributed by atoms with van der Waals surface area (Å²) in [5, 5.41) is 0.970. The number of halogens is 1. The molecule has 0 bridgehead atoms. The van der Waals surface area contributed by atoms with Crippen molar-refractivity contribution < 1.29 is 8.42 Å². The Labute approximate surface area is 192 Å². The van der Waals surface area contributed by atoms with Crippen LogP contribution in [0.2, 0.25) is 5.02 Å². The Kier molecular flexibility index (Phi) is 5.65. The molecule has 166 valence electrons. The Morgan fingerprint density at radius 3 is 2.16 bits per heavy atom. The lowest BCUT2D eigenvalue weighted by Gasteiger charge is -2.09. The molecule has 0 saturated heterocycles. The van der Waals surface area contributed by atoms with E-state index in [2.05, 4.69) is 9.71 Å². The van der Waals surface area contributed by atoms with Crippen LogP contribution in [0, 0.1) is 0 Å². The largest absolute Gasteiger partial charge is 0.332 e. The number of imidazole rings is 1. The van der Waals surface area contributed by atoms with Gasteiger partial charge in [-0.15, -0.1) is 0 Å². The van der Waals surface area contributed by atoms with Crippen molar-refractivity contribution >= 4 is 50.2 Å². The monoisotopic (exact) mass is 491 g/mol. The highest BCUT2D eigenvalue weighted by molar-refractivity contribution is 7.99. The molecule has 2 aromatic carbocycles. The van der Waals surface area contributed by atoms with Crippen molar-refractivity contribution in [1.29, 1.82) is 0 Å². The SMILES string of the molecule is Cn1c(=O)c2c(nc(Sc3ccc(NS(=O)(=O)c4ccc(Cl)cc4)cc3)n2C)n(C)c1=O. The van der Waals surface area contributed by atoms with Gasteiger partial charge in [0.2, 0.25) is 0 Å². The number of aromatic nitrogens is 4. The zero-order valence-electron chi connectivity index (χ0n) is 17.2. The summed E-state index contributed by atoms with van der Waals surface area (Å²) < 4.78 is 31.6. The van der Waals surface area contributed by atoms with Crippen LogP contribution in [0.5, 0.6) is 0 Å². The molecule has 0 radical (unpaired) electrons. The maximum atomic E-state index is 12.5. The smallest absolute Gasteiger partial charge is 0.316 e. The fraction of sp³-hybridized carbons (Fsp3) is 0.150. The first kappa shape index (κ1) is 22.2. The molecular formula is C20H18ClN5O4S2. The van der Waals surface area contributed by atoms with Crippen molar-refractivity contribution in [3.05, 3.63) is 74.4 Å². The predicted octanol–water partition coefficient (Wildman–Crippen LogP) is 2.58. The van der Waals surface area contributed by atoms with Gasteiger partial charge in [0.1, 0.15) is 0 Å². The standard InChI is InChI=1S/C20H18ClN5O4S2/c1-24-16-17(25(2)20(28)26(3)18(16)27)22-19(24)31-14-8-6-13(7-9-14)23-32(29,30)15-10-4-12(21)5-11-15/h4-11,23H,1-3H3. The number of fused-ring (bicyclic) bond motifs is 1. The summed E-state index contributed by atoms with van der Waals surface area (Å²) in [5.74, 6) is 0. The molecule has 2 aromatic heterocycles. The molecule has 4 rings (SSSR count). The third-order valence-electron chi connectivity index (χ3n) is 4.87. The van der Waals surface area contributed by atoms with E-state index >= 15 is 0 Å². The van der Waals surface area contributed by atoms with E-state index in [9.17, 15) is 18.0 Å². The second-order valence-corrected chi connectivity index (χ2v) is 10.2. The number of anilines is 1. The van der Waals surface area contributed by atoms with Crippen molar-refractivity contribution in [2.24, 2.45) is 21.1 Å². The second kappa shape index (κ2) is 8.15. The average Bonchev–Trinajstić information content (AvgIpc) is 3.08. The van der Waals surface area contributed by atoms with E-state index in [-0.39, 0.29) is 4.90 Å². The molecule has 0 aliphatic rings. The minimum atomic E-state index is -3.74. The molecule has 0 unspecified atom stereocenters. The number of nitrogens with zero attached hydrogens (tertiary/aromatic N) is 4. The number of hydrogen-bond donors (Lipinski definition) is 1. The van der Waals surface area contributed by atoms with Crippen LogP contribution >= 0.6 is 23.4 Å². The Balaban J connectivity index is 1.60. The Morgan fingerprint density at radius 2 is 1.53 bits per heavy atom. The fourth-order valence-corrected chi connectivity index (χ4v) is 5.14. The quantitative estimate of drug-likeness (QED) is 0.459. The molecule has 12 heteroatoms. The second-order valence-electron chi connectivity index (χ2n) is 7.02. The fourth-order valence-electron chi connectivity index (χ4n) is 3.11. The van der Waals surface area contributed by atoms with Crippen LogP contribution in [0.4, 0.5) is 5.69 Å². The van der Waals surface area contributed by atoms with Gasteiger partial charge in [-0.05, 0) is 48.5 Å². The summed E-state index contributed by atoms with van der Waals surface area (Å²) in [7, 11) is 0.949. The minimum Gasteiger partial charge on any atom is -0.316 e. The summed E-state index contributed by atoms with van der Waals surface area (Å²) in [4.78, 5) is 30.0. The van der Waals surface area contributed by atoms with Crippen molar-refractivity contribution in [3.63, 3.8) is 0 Å². The van der Waals surface area contributed by atoms with Crippen molar-refractivity contribution in [1.82, 2.24) is 18.7 Å². The van der Waals surface area contributed by atoms with Gasteiger partial charge in [-0.25, -0.2) is 18.2 Å². The van der Waals surface area contributed by atoms with Gasteiger partial charge in [0.25, 0.3) is 15.6 Å². The van der Waals surface area contributed by atoms with Gasteiger partial charge in [0.15, 0.2) is 16.3 Å². The Morgan fingerprint density at radius 1 is 0.906 bits per heavy atom. The molecule has 9 nitrogen and oxygen atoms in total. The van der Waals surface area contributed by atoms with Crippen LogP contribution in [-0.4, -0.2) is 27.1 Å². The lowest BCUT2D eigenvalue weighted by atomic mass is 10.3. The molecule has 0 aliphatic heterocycles. The summed E-state index contributed by atoms with van der Waals surface area (Å²) in [6.45, 7) is 0. The molecule has 0 saturated carbocycles. The third kappa shape index (κ3) is 3.94. The maximum Gasteiger partial charge on any atom is 0.332 e. The highest BCUT2D eigenvalue weighted by atomic mass is 35.5. The molecule has 1 N–H and O–H groups in total. The molecule has 2 heterocycles. The average molecular weight is 492 g/mol. The van der Waals surface area contributed by atoms with Gasteiger partial charge in [-0.2, -0.15) is 0 Å². The van der Waals surface area contributed by atoms with Gasteiger partial charge in [-0.1, -0.05) is 23.4 Å². The van der Waals surface area contributed by atoms with Crippen LogP contribution < -0.4 is 16.0 Å². The lowest BCUT2D eigenvalue weighted by Crippen LogP contribution is -2.37. The zero-order chi connectivity index (χ0) is 23.2. The van der Waals surface area contributed by atoms with Crippen LogP contribution in [0.1, 0.15) is 0 Å². The van der Waals surface area contributed by atoms with Crippen molar-refractivity contribution in [3.8, 4) is 0 Å². The lowest BCUT2D eigenvalue weighted by molar-refractivity contribution is 0.601. The Bertz CT molecular complexity index is 1550. The van der Waals surface area contributed by atoms with E-state index in [4.69, 9.17) is 11.6 Å². The number of rotatable bonds is 5. The van der Waals surface area contributed by atoms with E-state index in [0.29, 0.717) is 27.0 Å². The molecule has 0 fully saturated rings. The predicted molar refractivity (Wildman–Crippen MR) is 124 cm³/mol. The minimum absolute atomic E-state index is 0.104. The van der Waals surface area contributed by atoms with Crippen LogP contribution in [0.25, 0.3) is 11.2 Å². The zero-order valence-corrected chi connectivity index (χ0v) is 19.6. The molecule has 0 amide bonds. The normalized spacial score (nSPS) is 11.8. The van der Waals surface area contributed by atoms with Crippen LogP contribution in [0.15, 0.2) is 73.1 Å². The van der Waals surface area contributed by atoms with Gasteiger partial charge >= 0.3 is 5.69 Å². The number of nitrogens with one attached hydrogen (secondary N) is 1. The third-order valence-corrected chi connectivity index (χ3v) is 7.58. The highest BCUT2D eigenvalue weighted by Gasteiger charge is 2.18. The molecule has 32 heavy (non-hydrogen) atoms. The topological polar surface area (TPSA) is 108 Å². The summed E-state index contributed by atoms with van der Waals surface area (Å²) in [5.41, 5.74) is 0.150. The molecule has 0 aliphatic carbocycles. The van der Waals surface area contributed by atoms with Crippen molar-refractivity contribution in [2.45, 2.75) is 14.9 Å². The molecule has 4 aromatic rings. The first-order chi connectivity index (χ1) is 15.1. The van der Waals surface area contributed by atoms with E-state index < -0.39 is 21.3 Å². The molecular weight excluding hydrogens is 474 g/mol. The number of sulfonamides is 1. The van der Waals surface area contributed by atoms with Gasteiger partial charge < -0.3 is 4.57 Å². The van der Waals surface area contributed by atoms with Crippen molar-refractivity contribution in [2.75, 3.05) is 4.72 Å².